The highest BCUT2D eigenvalue weighted by Crippen LogP contribution is 2.42. The predicted octanol–water partition coefficient (Wildman–Crippen LogP) is 1.87. The molecule has 2 rings (SSSR count). The first kappa shape index (κ1) is 13.5. The lowest BCUT2D eigenvalue weighted by Crippen LogP contribution is -2.20. The Bertz CT molecular complexity index is 500. The zero-order valence-electron chi connectivity index (χ0n) is 10.7. The molecule has 6 heteroatoms. The van der Waals surface area contributed by atoms with Gasteiger partial charge in [0.05, 0.1) is 13.0 Å². The van der Waals surface area contributed by atoms with Crippen molar-refractivity contribution in [1.29, 1.82) is 0 Å². The van der Waals surface area contributed by atoms with E-state index in [2.05, 4.69) is 0 Å². The fourth-order valence-electron chi connectivity index (χ4n) is 2.00. The summed E-state index contributed by atoms with van der Waals surface area (Å²) in [6, 6.07) is 1.20. The Hall–Kier alpha value is -1.98. The minimum absolute atomic E-state index is 0.0114. The van der Waals surface area contributed by atoms with Gasteiger partial charge in [0.15, 0.2) is 23.1 Å². The minimum Gasteiger partial charge on any atom is -0.493 e. The quantitative estimate of drug-likeness (QED) is 0.904. The van der Waals surface area contributed by atoms with Crippen molar-refractivity contribution in [3.05, 3.63) is 17.4 Å². The molecule has 1 atom stereocenters. The number of carboxylic acids is 1. The predicted molar refractivity (Wildman–Crippen MR) is 64.4 cm³/mol. The number of benzene rings is 1. The maximum Gasteiger partial charge on any atom is 0.306 e. The second-order valence-corrected chi connectivity index (χ2v) is 4.34. The van der Waals surface area contributed by atoms with Crippen molar-refractivity contribution in [2.75, 3.05) is 20.3 Å². The largest absolute Gasteiger partial charge is 0.493 e. The van der Waals surface area contributed by atoms with Crippen molar-refractivity contribution < 1.29 is 28.5 Å². The van der Waals surface area contributed by atoms with Gasteiger partial charge in [0.2, 0.25) is 0 Å². The maximum absolute atomic E-state index is 13.9. The van der Waals surface area contributed by atoms with E-state index in [0.717, 1.165) is 0 Å². The standard InChI is InChI=1S/C13H15FO5/c1-7(13(15)16)5-8-11(17-2)9(14)6-10-12(8)19-4-3-18-10/h6-7H,3-5H2,1-2H3,(H,15,16). The fourth-order valence-corrected chi connectivity index (χ4v) is 2.00. The van der Waals surface area contributed by atoms with Crippen LogP contribution in [0.25, 0.3) is 0 Å². The summed E-state index contributed by atoms with van der Waals surface area (Å²) in [5.74, 6) is -1.55. The summed E-state index contributed by atoms with van der Waals surface area (Å²) in [4.78, 5) is 10.9. The lowest BCUT2D eigenvalue weighted by atomic mass is 9.98. The third kappa shape index (κ3) is 2.57. The Morgan fingerprint density at radius 2 is 2.21 bits per heavy atom. The van der Waals surface area contributed by atoms with Gasteiger partial charge in [-0.1, -0.05) is 6.92 Å². The van der Waals surface area contributed by atoms with Gasteiger partial charge in [0, 0.05) is 11.6 Å². The van der Waals surface area contributed by atoms with Crippen LogP contribution >= 0.6 is 0 Å². The average Bonchev–Trinajstić information content (AvgIpc) is 2.38. The van der Waals surface area contributed by atoms with Crippen LogP contribution in [0.1, 0.15) is 12.5 Å². The first-order valence-corrected chi connectivity index (χ1v) is 5.92. The average molecular weight is 270 g/mol. The number of aliphatic carboxylic acids is 1. The third-order valence-electron chi connectivity index (χ3n) is 2.97. The summed E-state index contributed by atoms with van der Waals surface area (Å²) in [6.45, 7) is 2.23. The molecule has 1 unspecified atom stereocenters. The number of rotatable bonds is 4. The number of hydrogen-bond donors (Lipinski definition) is 1. The molecule has 0 aliphatic carbocycles. The molecule has 1 aromatic rings. The molecule has 0 saturated carbocycles. The minimum atomic E-state index is -0.961. The summed E-state index contributed by atoms with van der Waals surface area (Å²) in [6.07, 6.45) is 0.113. The van der Waals surface area contributed by atoms with Crippen LogP contribution in [0, 0.1) is 11.7 Å². The number of carbonyl (C=O) groups is 1. The topological polar surface area (TPSA) is 65.0 Å². The van der Waals surface area contributed by atoms with Crippen LogP contribution in [0.3, 0.4) is 0 Å². The summed E-state index contributed by atoms with van der Waals surface area (Å²) < 4.78 is 29.7. The molecule has 1 N–H and O–H groups in total. The van der Waals surface area contributed by atoms with E-state index in [0.29, 0.717) is 24.5 Å². The number of fused-ring (bicyclic) bond motifs is 1. The molecule has 0 radical (unpaired) electrons. The van der Waals surface area contributed by atoms with Crippen molar-refractivity contribution in [1.82, 2.24) is 0 Å². The molecule has 0 aromatic heterocycles. The second-order valence-electron chi connectivity index (χ2n) is 4.34. The van der Waals surface area contributed by atoms with E-state index in [1.54, 1.807) is 6.92 Å². The number of ether oxygens (including phenoxy) is 3. The molecule has 1 aliphatic rings. The maximum atomic E-state index is 13.9. The Labute approximate surface area is 109 Å². The molecule has 1 aromatic carbocycles. The van der Waals surface area contributed by atoms with Gasteiger partial charge in [-0.05, 0) is 6.42 Å². The Balaban J connectivity index is 2.48. The number of carboxylic acid groups (broad SMARTS) is 1. The van der Waals surface area contributed by atoms with Crippen molar-refractivity contribution in [2.24, 2.45) is 5.92 Å². The van der Waals surface area contributed by atoms with Crippen LogP contribution in [0.5, 0.6) is 17.2 Å². The van der Waals surface area contributed by atoms with Crippen molar-refractivity contribution in [3.63, 3.8) is 0 Å². The molecule has 19 heavy (non-hydrogen) atoms. The van der Waals surface area contributed by atoms with Crippen LogP contribution in [-0.4, -0.2) is 31.4 Å². The molecule has 0 fully saturated rings. The molecule has 104 valence electrons. The monoisotopic (exact) mass is 270 g/mol. The first-order chi connectivity index (χ1) is 9.04. The SMILES string of the molecule is COc1c(F)cc2c(c1CC(C)C(=O)O)OCCO2. The number of methoxy groups -OCH3 is 1. The van der Waals surface area contributed by atoms with Gasteiger partial charge in [-0.2, -0.15) is 0 Å². The highest BCUT2D eigenvalue weighted by atomic mass is 19.1. The van der Waals surface area contributed by atoms with Gasteiger partial charge < -0.3 is 19.3 Å². The zero-order chi connectivity index (χ0) is 14.0. The first-order valence-electron chi connectivity index (χ1n) is 5.92. The smallest absolute Gasteiger partial charge is 0.306 e. The van der Waals surface area contributed by atoms with Gasteiger partial charge in [-0.3, -0.25) is 4.79 Å². The molecule has 1 heterocycles. The van der Waals surface area contributed by atoms with Crippen LogP contribution in [0.15, 0.2) is 6.07 Å². The van der Waals surface area contributed by atoms with E-state index in [9.17, 15) is 9.18 Å². The van der Waals surface area contributed by atoms with Gasteiger partial charge in [0.1, 0.15) is 13.2 Å². The summed E-state index contributed by atoms with van der Waals surface area (Å²) in [5.41, 5.74) is 0.395. The van der Waals surface area contributed by atoms with Gasteiger partial charge in [-0.25, -0.2) is 4.39 Å². The lowest BCUT2D eigenvalue weighted by Gasteiger charge is -2.23. The van der Waals surface area contributed by atoms with E-state index < -0.39 is 17.7 Å². The highest BCUT2D eigenvalue weighted by Gasteiger charge is 2.26. The molecule has 5 nitrogen and oxygen atoms in total. The summed E-state index contributed by atoms with van der Waals surface area (Å²) in [5, 5.41) is 8.97. The van der Waals surface area contributed by atoms with E-state index in [1.807, 2.05) is 0 Å². The van der Waals surface area contributed by atoms with Crippen molar-refractivity contribution in [3.8, 4) is 17.2 Å². The van der Waals surface area contributed by atoms with Crippen LogP contribution in [0.4, 0.5) is 4.39 Å². The Kier molecular flexibility index (Phi) is 3.78. The summed E-state index contributed by atoms with van der Waals surface area (Å²) in [7, 11) is 1.34. The highest BCUT2D eigenvalue weighted by molar-refractivity contribution is 5.70. The Morgan fingerprint density at radius 1 is 1.53 bits per heavy atom. The number of halogens is 1. The van der Waals surface area contributed by atoms with Crippen LogP contribution in [-0.2, 0) is 11.2 Å². The van der Waals surface area contributed by atoms with Crippen LogP contribution < -0.4 is 14.2 Å². The second kappa shape index (κ2) is 5.34. The van der Waals surface area contributed by atoms with E-state index in [4.69, 9.17) is 19.3 Å². The molecule has 0 bridgehead atoms. The fraction of sp³-hybridized carbons (Fsp3) is 0.462. The van der Waals surface area contributed by atoms with Crippen molar-refractivity contribution in [2.45, 2.75) is 13.3 Å². The van der Waals surface area contributed by atoms with E-state index in [-0.39, 0.29) is 17.9 Å². The van der Waals surface area contributed by atoms with Gasteiger partial charge in [0.25, 0.3) is 0 Å². The molecule has 1 aliphatic heterocycles. The van der Waals surface area contributed by atoms with Crippen molar-refractivity contribution >= 4 is 5.97 Å². The molecule has 0 saturated heterocycles. The third-order valence-corrected chi connectivity index (χ3v) is 2.97. The molecular weight excluding hydrogens is 255 g/mol. The molecule has 0 amide bonds. The zero-order valence-corrected chi connectivity index (χ0v) is 10.7. The van der Waals surface area contributed by atoms with Crippen LogP contribution in [0.2, 0.25) is 0 Å². The van der Waals surface area contributed by atoms with E-state index >= 15 is 0 Å². The van der Waals surface area contributed by atoms with Gasteiger partial charge in [-0.15, -0.1) is 0 Å². The molecule has 0 spiro atoms. The normalized spacial score (nSPS) is 14.9. The Morgan fingerprint density at radius 3 is 2.84 bits per heavy atom. The van der Waals surface area contributed by atoms with Gasteiger partial charge >= 0.3 is 5.97 Å². The lowest BCUT2D eigenvalue weighted by molar-refractivity contribution is -0.141. The van der Waals surface area contributed by atoms with E-state index in [1.165, 1.54) is 13.2 Å². The summed E-state index contributed by atoms with van der Waals surface area (Å²) >= 11 is 0. The molecular formula is C13H15FO5. The number of hydrogen-bond acceptors (Lipinski definition) is 4.